The van der Waals surface area contributed by atoms with Gasteiger partial charge in [0.2, 0.25) is 5.95 Å². The van der Waals surface area contributed by atoms with Gasteiger partial charge in [0, 0.05) is 13.1 Å². The van der Waals surface area contributed by atoms with Gasteiger partial charge < -0.3 is 4.90 Å². The number of hydrogen-bond acceptors (Lipinski definition) is 4. The summed E-state index contributed by atoms with van der Waals surface area (Å²) in [5.41, 5.74) is -0.397. The number of piperidine rings is 1. The lowest BCUT2D eigenvalue weighted by molar-refractivity contribution is -0.176. The number of aromatic nitrogens is 4. The first-order valence-electron chi connectivity index (χ1n) is 7.87. The Bertz CT molecular complexity index is 802. The summed E-state index contributed by atoms with van der Waals surface area (Å²) < 4.78 is 40.6. The van der Waals surface area contributed by atoms with Crippen LogP contribution in [0.3, 0.4) is 0 Å². The lowest BCUT2D eigenvalue weighted by Crippen LogP contribution is -2.43. The van der Waals surface area contributed by atoms with Crippen LogP contribution in [0.15, 0.2) is 11.0 Å². The summed E-state index contributed by atoms with van der Waals surface area (Å²) in [6.45, 7) is 6.00. The molecule has 0 aromatic carbocycles. The van der Waals surface area contributed by atoms with Gasteiger partial charge in [-0.2, -0.15) is 23.3 Å². The molecular formula is C15H20F3N5O. The van der Waals surface area contributed by atoms with E-state index >= 15 is 0 Å². The third kappa shape index (κ3) is 2.99. The molecule has 6 nitrogen and oxygen atoms in total. The molecule has 1 aliphatic rings. The summed E-state index contributed by atoms with van der Waals surface area (Å²) in [5.74, 6) is -1.23. The zero-order valence-corrected chi connectivity index (χ0v) is 13.8. The summed E-state index contributed by atoms with van der Waals surface area (Å²) >= 11 is 0. The molecule has 1 fully saturated rings. The number of rotatable bonds is 1. The largest absolute Gasteiger partial charge is 0.393 e. The molecule has 3 heterocycles. The fourth-order valence-corrected chi connectivity index (χ4v) is 2.98. The van der Waals surface area contributed by atoms with Crippen molar-refractivity contribution in [2.75, 3.05) is 18.0 Å². The van der Waals surface area contributed by atoms with E-state index in [1.54, 1.807) is 4.68 Å². The van der Waals surface area contributed by atoms with Gasteiger partial charge in [-0.05, 0) is 33.6 Å². The second-order valence-electron chi connectivity index (χ2n) is 7.18. The maximum Gasteiger partial charge on any atom is 0.393 e. The number of nitrogens with zero attached hydrogens (tertiary/aromatic N) is 4. The molecule has 0 unspecified atom stereocenters. The van der Waals surface area contributed by atoms with Crippen LogP contribution in [0, 0.1) is 5.92 Å². The summed E-state index contributed by atoms with van der Waals surface area (Å²) in [6.07, 6.45) is -2.29. The van der Waals surface area contributed by atoms with Gasteiger partial charge in [0.15, 0.2) is 5.65 Å². The molecule has 3 rings (SSSR count). The molecule has 1 aliphatic heterocycles. The molecule has 2 aromatic rings. The maximum atomic E-state index is 13.0. The van der Waals surface area contributed by atoms with E-state index in [1.807, 2.05) is 20.8 Å². The molecule has 1 N–H and O–H groups in total. The van der Waals surface area contributed by atoms with Crippen LogP contribution in [0.4, 0.5) is 19.1 Å². The summed E-state index contributed by atoms with van der Waals surface area (Å²) in [4.78, 5) is 20.8. The van der Waals surface area contributed by atoms with Gasteiger partial charge in [-0.15, -0.1) is 0 Å². The third-order valence-electron chi connectivity index (χ3n) is 4.24. The summed E-state index contributed by atoms with van der Waals surface area (Å²) in [5, 5.41) is 4.54. The van der Waals surface area contributed by atoms with Crippen LogP contribution >= 0.6 is 0 Å². The Morgan fingerprint density at radius 2 is 2.00 bits per heavy atom. The van der Waals surface area contributed by atoms with Crippen LogP contribution in [-0.2, 0) is 5.54 Å². The van der Waals surface area contributed by atoms with Gasteiger partial charge in [0.25, 0.3) is 5.56 Å². The first kappa shape index (κ1) is 16.8. The Morgan fingerprint density at radius 1 is 1.29 bits per heavy atom. The van der Waals surface area contributed by atoms with Crippen molar-refractivity contribution >= 4 is 17.0 Å². The van der Waals surface area contributed by atoms with E-state index in [0.29, 0.717) is 24.0 Å². The van der Waals surface area contributed by atoms with Crippen molar-refractivity contribution in [3.05, 3.63) is 16.6 Å². The van der Waals surface area contributed by atoms with Crippen LogP contribution in [-0.4, -0.2) is 39.0 Å². The van der Waals surface area contributed by atoms with Gasteiger partial charge in [0.05, 0.1) is 17.7 Å². The molecule has 132 valence electrons. The minimum absolute atomic E-state index is 0.104. The predicted octanol–water partition coefficient (Wildman–Crippen LogP) is 2.65. The molecule has 24 heavy (non-hydrogen) atoms. The molecule has 0 aliphatic carbocycles. The van der Waals surface area contributed by atoms with Gasteiger partial charge in [-0.3, -0.25) is 9.78 Å². The van der Waals surface area contributed by atoms with Crippen LogP contribution in [0.25, 0.3) is 11.0 Å². The fourth-order valence-electron chi connectivity index (χ4n) is 2.98. The van der Waals surface area contributed by atoms with Crippen molar-refractivity contribution in [3.8, 4) is 0 Å². The normalized spacial score (nSPS) is 19.9. The van der Waals surface area contributed by atoms with Crippen molar-refractivity contribution in [3.63, 3.8) is 0 Å². The standard InChI is InChI=1S/C15H20F3N5O/c1-14(2,3)23-11-10(7-19-23)12(24)21-13(20-11)22-6-4-5-9(8-22)15(16,17)18/h7,9H,4-6,8H2,1-3H3,(H,20,21,24)/t9-/m1/s1. The highest BCUT2D eigenvalue weighted by Gasteiger charge is 2.42. The average Bonchev–Trinajstić information content (AvgIpc) is 2.91. The number of alkyl halides is 3. The molecule has 0 radical (unpaired) electrons. The lowest BCUT2D eigenvalue weighted by atomic mass is 9.98. The third-order valence-corrected chi connectivity index (χ3v) is 4.24. The number of H-pyrrole nitrogens is 1. The summed E-state index contributed by atoms with van der Waals surface area (Å²) in [7, 11) is 0. The molecule has 2 aromatic heterocycles. The number of nitrogens with one attached hydrogen (secondary N) is 1. The minimum atomic E-state index is -4.24. The highest BCUT2D eigenvalue weighted by atomic mass is 19.4. The molecule has 0 saturated carbocycles. The number of fused-ring (bicyclic) bond motifs is 1. The second kappa shape index (κ2) is 5.49. The summed E-state index contributed by atoms with van der Waals surface area (Å²) in [6, 6.07) is 0. The molecule has 0 bridgehead atoms. The maximum absolute atomic E-state index is 13.0. The van der Waals surface area contributed by atoms with Gasteiger partial charge in [-0.25, -0.2) is 4.68 Å². The lowest BCUT2D eigenvalue weighted by Gasteiger charge is -2.34. The number of hydrogen-bond donors (Lipinski definition) is 1. The van der Waals surface area contributed by atoms with Crippen molar-refractivity contribution in [1.82, 2.24) is 19.7 Å². The van der Waals surface area contributed by atoms with Gasteiger partial charge >= 0.3 is 6.18 Å². The molecule has 1 saturated heterocycles. The van der Waals surface area contributed by atoms with E-state index < -0.39 is 17.6 Å². The highest BCUT2D eigenvalue weighted by Crippen LogP contribution is 2.34. The Labute approximate surface area is 136 Å². The smallest absolute Gasteiger partial charge is 0.342 e. The predicted molar refractivity (Wildman–Crippen MR) is 84.1 cm³/mol. The van der Waals surface area contributed by atoms with Gasteiger partial charge in [0.1, 0.15) is 5.39 Å². The fraction of sp³-hybridized carbons (Fsp3) is 0.667. The van der Waals surface area contributed by atoms with E-state index in [1.165, 1.54) is 11.1 Å². The zero-order chi connectivity index (χ0) is 17.7. The van der Waals surface area contributed by atoms with Crippen molar-refractivity contribution in [1.29, 1.82) is 0 Å². The monoisotopic (exact) mass is 343 g/mol. The molecule has 0 amide bonds. The second-order valence-corrected chi connectivity index (χ2v) is 7.18. The zero-order valence-electron chi connectivity index (χ0n) is 13.8. The quantitative estimate of drug-likeness (QED) is 0.864. The Kier molecular flexibility index (Phi) is 3.84. The Balaban J connectivity index is 2.02. The highest BCUT2D eigenvalue weighted by molar-refractivity contribution is 5.74. The van der Waals surface area contributed by atoms with E-state index in [9.17, 15) is 18.0 Å². The molecule has 9 heteroatoms. The Morgan fingerprint density at radius 3 is 2.62 bits per heavy atom. The van der Waals surface area contributed by atoms with Crippen LogP contribution in [0.1, 0.15) is 33.6 Å². The topological polar surface area (TPSA) is 66.8 Å². The van der Waals surface area contributed by atoms with Crippen molar-refractivity contribution in [2.45, 2.75) is 45.3 Å². The number of anilines is 1. The van der Waals surface area contributed by atoms with Crippen molar-refractivity contribution < 1.29 is 13.2 Å². The van der Waals surface area contributed by atoms with E-state index in [0.717, 1.165) is 0 Å². The first-order valence-corrected chi connectivity index (χ1v) is 7.87. The molecular weight excluding hydrogens is 323 g/mol. The number of halogens is 3. The minimum Gasteiger partial charge on any atom is -0.342 e. The van der Waals surface area contributed by atoms with Crippen molar-refractivity contribution in [2.24, 2.45) is 5.92 Å². The van der Waals surface area contributed by atoms with Crippen LogP contribution in [0.5, 0.6) is 0 Å². The first-order chi connectivity index (χ1) is 11.1. The van der Waals surface area contributed by atoms with E-state index in [-0.39, 0.29) is 24.5 Å². The Hall–Kier alpha value is -2.06. The molecule has 0 spiro atoms. The van der Waals surface area contributed by atoms with Crippen LogP contribution < -0.4 is 10.5 Å². The molecule has 1 atom stereocenters. The van der Waals surface area contributed by atoms with E-state index in [2.05, 4.69) is 15.1 Å². The SMILES string of the molecule is CC(C)(C)n1ncc2c(=O)[nH]c(N3CCC[C@@H](C(F)(F)F)C3)nc21. The van der Waals surface area contributed by atoms with E-state index in [4.69, 9.17) is 0 Å². The van der Waals surface area contributed by atoms with Crippen LogP contribution in [0.2, 0.25) is 0 Å². The van der Waals surface area contributed by atoms with Gasteiger partial charge in [-0.1, -0.05) is 0 Å². The number of aromatic amines is 1. The average molecular weight is 343 g/mol.